The number of quaternary nitrogens is 1. The van der Waals surface area contributed by atoms with E-state index < -0.39 is 26.6 Å². The summed E-state index contributed by atoms with van der Waals surface area (Å²) in [5.74, 6) is -0.224. The van der Waals surface area contributed by atoms with Crippen molar-refractivity contribution >= 4 is 13.7 Å². The van der Waals surface area contributed by atoms with Crippen LogP contribution in [0.15, 0.2) is 109 Å². The first-order valence-corrected chi connectivity index (χ1v) is 27.7. The van der Waals surface area contributed by atoms with Gasteiger partial charge in [0.05, 0.1) is 39.9 Å². The number of amides is 1. The van der Waals surface area contributed by atoms with Crippen LogP contribution in [0.3, 0.4) is 0 Å². The lowest BCUT2D eigenvalue weighted by molar-refractivity contribution is -0.870. The quantitative estimate of drug-likeness (QED) is 0.0272. The molecule has 0 aromatic rings. The largest absolute Gasteiger partial charge is 0.756 e. The molecular formula is C57H99N2O6P. The van der Waals surface area contributed by atoms with Crippen LogP contribution in [0, 0.1) is 0 Å². The van der Waals surface area contributed by atoms with Gasteiger partial charge in [0.15, 0.2) is 0 Å². The third-order valence-corrected chi connectivity index (χ3v) is 11.9. The molecule has 8 nitrogen and oxygen atoms in total. The second-order valence-electron chi connectivity index (χ2n) is 18.5. The average Bonchev–Trinajstić information content (AvgIpc) is 3.28. The smallest absolute Gasteiger partial charge is 0.268 e. The fourth-order valence-corrected chi connectivity index (χ4v) is 7.58. The Hall–Kier alpha value is -2.84. The summed E-state index contributed by atoms with van der Waals surface area (Å²) in [7, 11) is 1.22. The highest BCUT2D eigenvalue weighted by Gasteiger charge is 2.23. The molecule has 0 spiro atoms. The predicted molar refractivity (Wildman–Crippen MR) is 283 cm³/mol. The number of allylic oxidation sites excluding steroid dienone is 17. The highest BCUT2D eigenvalue weighted by Crippen LogP contribution is 2.38. The van der Waals surface area contributed by atoms with Gasteiger partial charge in [0.25, 0.3) is 7.82 Å². The maximum atomic E-state index is 12.9. The molecule has 0 rings (SSSR count). The number of rotatable bonds is 46. The molecular weight excluding hydrogens is 840 g/mol. The van der Waals surface area contributed by atoms with Crippen LogP contribution in [0.4, 0.5) is 0 Å². The van der Waals surface area contributed by atoms with Crippen molar-refractivity contribution in [1.29, 1.82) is 0 Å². The van der Waals surface area contributed by atoms with Gasteiger partial charge in [-0.15, -0.1) is 0 Å². The van der Waals surface area contributed by atoms with E-state index in [4.69, 9.17) is 9.05 Å². The topological polar surface area (TPSA) is 108 Å². The van der Waals surface area contributed by atoms with E-state index in [0.717, 1.165) is 96.3 Å². The fraction of sp³-hybridized carbons (Fsp3) is 0.667. The van der Waals surface area contributed by atoms with Crippen molar-refractivity contribution in [2.24, 2.45) is 0 Å². The minimum Gasteiger partial charge on any atom is -0.756 e. The average molecular weight is 939 g/mol. The molecule has 9 heteroatoms. The number of nitrogens with zero attached hydrogens (tertiary/aromatic N) is 1. The molecule has 0 fully saturated rings. The van der Waals surface area contributed by atoms with Crippen molar-refractivity contribution in [2.45, 2.75) is 206 Å². The number of carbonyl (C=O) groups is 1. The molecule has 2 N–H and O–H groups in total. The highest BCUT2D eigenvalue weighted by molar-refractivity contribution is 7.45. The van der Waals surface area contributed by atoms with Gasteiger partial charge in [-0.25, -0.2) is 0 Å². The zero-order chi connectivity index (χ0) is 48.5. The van der Waals surface area contributed by atoms with E-state index >= 15 is 0 Å². The van der Waals surface area contributed by atoms with Crippen LogP contribution in [-0.4, -0.2) is 68.5 Å². The zero-order valence-corrected chi connectivity index (χ0v) is 43.7. The monoisotopic (exact) mass is 939 g/mol. The Bertz CT molecular complexity index is 1440. The van der Waals surface area contributed by atoms with Gasteiger partial charge in [0, 0.05) is 6.42 Å². The van der Waals surface area contributed by atoms with E-state index in [1.165, 1.54) is 77.0 Å². The number of aliphatic hydroxyl groups excluding tert-OH is 1. The molecule has 3 atom stereocenters. The second kappa shape index (κ2) is 47.2. The van der Waals surface area contributed by atoms with Gasteiger partial charge in [-0.05, 0) is 89.9 Å². The minimum absolute atomic E-state index is 0.0147. The molecule has 378 valence electrons. The molecule has 0 saturated heterocycles. The van der Waals surface area contributed by atoms with Crippen LogP contribution in [0.25, 0.3) is 0 Å². The lowest BCUT2D eigenvalue weighted by Gasteiger charge is -2.29. The Labute approximate surface area is 406 Å². The number of carbonyl (C=O) groups excluding carboxylic acids is 1. The summed E-state index contributed by atoms with van der Waals surface area (Å²) < 4.78 is 23.2. The molecule has 0 bridgehead atoms. The van der Waals surface area contributed by atoms with Crippen LogP contribution in [0.2, 0.25) is 0 Å². The van der Waals surface area contributed by atoms with Crippen LogP contribution in [0.5, 0.6) is 0 Å². The molecule has 0 saturated carbocycles. The number of likely N-dealkylation sites (N-methyl/N-ethyl adjacent to an activating group) is 1. The van der Waals surface area contributed by atoms with Gasteiger partial charge < -0.3 is 28.8 Å². The maximum absolute atomic E-state index is 12.9. The first kappa shape index (κ1) is 63.2. The summed E-state index contributed by atoms with van der Waals surface area (Å²) >= 11 is 0. The number of phosphoric acid groups is 1. The lowest BCUT2D eigenvalue weighted by Crippen LogP contribution is -2.45. The highest BCUT2D eigenvalue weighted by atomic mass is 31.2. The van der Waals surface area contributed by atoms with Gasteiger partial charge in [0.1, 0.15) is 13.2 Å². The standard InChI is InChI=1S/C57H99N2O6P/c1-6-8-10-12-14-16-18-20-22-23-24-25-26-27-28-29-30-31-32-33-34-35-37-39-41-43-45-47-49-51-57(61)58-55(54-65-66(62,63)64-53-52-59(3,4)5)56(60)50-48-46-44-42-40-38-36-21-19-17-15-13-11-9-7-2/h8,10,14,16,20,22,24-25,27-28,30-31,33-34,40,42,48,50,55-56,60H,6-7,9,11-13,15,17-19,21,23,26,29,32,35-39,41,43-47,49,51-54H2,1-5H3,(H-,58,61,62,63)/b10-8-,16-14-,22-20-,25-24-,28-27-,31-30-,34-33-,42-40+,50-48+. The molecule has 0 radical (unpaired) electrons. The van der Waals surface area contributed by atoms with Crippen molar-refractivity contribution in [3.8, 4) is 0 Å². The summed E-state index contributed by atoms with van der Waals surface area (Å²) in [5, 5.41) is 13.8. The summed E-state index contributed by atoms with van der Waals surface area (Å²) in [5.41, 5.74) is 0. The molecule has 0 aromatic carbocycles. The van der Waals surface area contributed by atoms with Crippen molar-refractivity contribution in [3.63, 3.8) is 0 Å². The number of unbranched alkanes of at least 4 members (excludes halogenated alkanes) is 17. The van der Waals surface area contributed by atoms with E-state index in [1.54, 1.807) is 6.08 Å². The lowest BCUT2D eigenvalue weighted by atomic mass is 10.1. The Kier molecular flexibility index (Phi) is 45.2. The number of hydrogen-bond acceptors (Lipinski definition) is 6. The Morgan fingerprint density at radius 3 is 1.41 bits per heavy atom. The Morgan fingerprint density at radius 2 is 0.939 bits per heavy atom. The first-order chi connectivity index (χ1) is 32.0. The van der Waals surface area contributed by atoms with E-state index in [-0.39, 0.29) is 12.5 Å². The van der Waals surface area contributed by atoms with Crippen LogP contribution in [0.1, 0.15) is 194 Å². The van der Waals surface area contributed by atoms with Gasteiger partial charge in [-0.2, -0.15) is 0 Å². The molecule has 0 aliphatic rings. The third-order valence-electron chi connectivity index (χ3n) is 11.0. The normalized spacial score (nSPS) is 15.0. The molecule has 0 aliphatic carbocycles. The zero-order valence-electron chi connectivity index (χ0n) is 42.9. The van der Waals surface area contributed by atoms with Crippen molar-refractivity contribution < 1.29 is 32.9 Å². The summed E-state index contributed by atoms with van der Waals surface area (Å²) in [6.45, 7) is 4.48. The van der Waals surface area contributed by atoms with Gasteiger partial charge >= 0.3 is 0 Å². The van der Waals surface area contributed by atoms with E-state index in [2.05, 4.69) is 116 Å². The van der Waals surface area contributed by atoms with Crippen molar-refractivity contribution in [3.05, 3.63) is 109 Å². The maximum Gasteiger partial charge on any atom is 0.268 e. The van der Waals surface area contributed by atoms with Crippen molar-refractivity contribution in [1.82, 2.24) is 5.32 Å². The van der Waals surface area contributed by atoms with Crippen LogP contribution in [-0.2, 0) is 18.4 Å². The fourth-order valence-electron chi connectivity index (χ4n) is 6.85. The summed E-state index contributed by atoms with van der Waals surface area (Å²) in [6, 6.07) is -0.917. The molecule has 66 heavy (non-hydrogen) atoms. The Balaban J connectivity index is 4.33. The van der Waals surface area contributed by atoms with Crippen LogP contribution < -0.4 is 10.2 Å². The minimum atomic E-state index is -4.61. The van der Waals surface area contributed by atoms with E-state index in [1.807, 2.05) is 27.2 Å². The summed E-state index contributed by atoms with van der Waals surface area (Å²) in [6.07, 6.45) is 68.6. The number of nitrogens with one attached hydrogen (secondary N) is 1. The van der Waals surface area contributed by atoms with Gasteiger partial charge in [-0.3, -0.25) is 9.36 Å². The number of phosphoric ester groups is 1. The molecule has 0 aliphatic heterocycles. The number of hydrogen-bond donors (Lipinski definition) is 2. The molecule has 1 amide bonds. The van der Waals surface area contributed by atoms with Gasteiger partial charge in [-0.1, -0.05) is 207 Å². The number of aliphatic hydroxyl groups is 1. The van der Waals surface area contributed by atoms with Crippen molar-refractivity contribution in [2.75, 3.05) is 40.9 Å². The predicted octanol–water partition coefficient (Wildman–Crippen LogP) is 15.0. The SMILES string of the molecule is CC/C=C\C/C=C\C/C=C\C/C=C\C/C=C\C/C=C\C/C=C\CCCCCCCCCC(=O)NC(COP(=O)([O-])OCC[N+](C)(C)C)C(O)/C=C/CC/C=C/CCCCCCCCCCC. The second-order valence-corrected chi connectivity index (χ2v) is 19.9. The summed E-state index contributed by atoms with van der Waals surface area (Å²) in [4.78, 5) is 25.4. The Morgan fingerprint density at radius 1 is 0.545 bits per heavy atom. The van der Waals surface area contributed by atoms with E-state index in [9.17, 15) is 19.4 Å². The third kappa shape index (κ3) is 49.1. The molecule has 0 aromatic heterocycles. The molecule has 0 heterocycles. The van der Waals surface area contributed by atoms with Gasteiger partial charge in [0.2, 0.25) is 5.91 Å². The van der Waals surface area contributed by atoms with Crippen LogP contribution >= 0.6 is 7.82 Å². The van der Waals surface area contributed by atoms with E-state index in [0.29, 0.717) is 17.4 Å². The molecule has 3 unspecified atom stereocenters. The first-order valence-electron chi connectivity index (χ1n) is 26.2.